The first-order chi connectivity index (χ1) is 7.60. The molecule has 0 unspecified atom stereocenters. The smallest absolute Gasteiger partial charge is 0.341 e. The van der Waals surface area contributed by atoms with Crippen molar-refractivity contribution in [3.63, 3.8) is 0 Å². The Morgan fingerprint density at radius 3 is 2.88 bits per heavy atom. The van der Waals surface area contributed by atoms with Crippen LogP contribution >= 0.6 is 0 Å². The van der Waals surface area contributed by atoms with E-state index < -0.39 is 17.5 Å². The van der Waals surface area contributed by atoms with Gasteiger partial charge in [0.2, 0.25) is 0 Å². The normalized spacial score (nSPS) is 10.7. The zero-order chi connectivity index (χ0) is 12.1. The number of hydrogen-bond donors (Lipinski definition) is 2. The molecule has 0 aromatic heterocycles. The van der Waals surface area contributed by atoms with Gasteiger partial charge in [0.05, 0.1) is 7.11 Å². The van der Waals surface area contributed by atoms with Gasteiger partial charge in [0.1, 0.15) is 5.56 Å². The number of rotatable bonds is 3. The van der Waals surface area contributed by atoms with E-state index in [9.17, 15) is 14.3 Å². The van der Waals surface area contributed by atoms with Crippen LogP contribution in [0.25, 0.3) is 6.08 Å². The molecular formula is C11H12FNO3. The first kappa shape index (κ1) is 12.2. The number of carbonyl (C=O) groups is 1. The molecule has 0 saturated heterocycles. The molecule has 0 saturated carbocycles. The SMILES string of the molecule is COC(=O)c1cc(/C=C/CN)cc(F)c1O. The van der Waals surface area contributed by atoms with Gasteiger partial charge < -0.3 is 15.6 Å². The Kier molecular flexibility index (Phi) is 4.02. The summed E-state index contributed by atoms with van der Waals surface area (Å²) in [6.45, 7) is 0.302. The second-order valence-electron chi connectivity index (χ2n) is 3.03. The first-order valence-electron chi connectivity index (χ1n) is 4.57. The average molecular weight is 225 g/mol. The molecule has 1 aromatic rings. The Balaban J connectivity index is 3.22. The number of carbonyl (C=O) groups excluding carboxylic acids is 1. The van der Waals surface area contributed by atoms with E-state index in [0.29, 0.717) is 12.1 Å². The minimum absolute atomic E-state index is 0.209. The maximum atomic E-state index is 13.2. The second-order valence-corrected chi connectivity index (χ2v) is 3.03. The predicted molar refractivity (Wildman–Crippen MR) is 57.5 cm³/mol. The molecule has 0 bridgehead atoms. The summed E-state index contributed by atoms with van der Waals surface area (Å²) in [4.78, 5) is 11.2. The van der Waals surface area contributed by atoms with E-state index in [1.165, 1.54) is 6.07 Å². The number of hydrogen-bond acceptors (Lipinski definition) is 4. The molecule has 4 nitrogen and oxygen atoms in total. The quantitative estimate of drug-likeness (QED) is 0.760. The van der Waals surface area contributed by atoms with Crippen LogP contribution in [0, 0.1) is 5.82 Å². The third kappa shape index (κ3) is 2.58. The number of ether oxygens (including phenoxy) is 1. The zero-order valence-electron chi connectivity index (χ0n) is 8.74. The highest BCUT2D eigenvalue weighted by Gasteiger charge is 2.16. The second kappa shape index (κ2) is 5.27. The molecule has 0 aliphatic heterocycles. The number of nitrogens with two attached hydrogens (primary N) is 1. The fraction of sp³-hybridized carbons (Fsp3) is 0.182. The van der Waals surface area contributed by atoms with Gasteiger partial charge in [0.25, 0.3) is 0 Å². The maximum absolute atomic E-state index is 13.2. The van der Waals surface area contributed by atoms with Gasteiger partial charge in [0, 0.05) is 6.54 Å². The number of halogens is 1. The molecule has 86 valence electrons. The standard InChI is InChI=1S/C11H12FNO3/c1-16-11(15)8-5-7(3-2-4-13)6-9(12)10(8)14/h2-3,5-6,14H,4,13H2,1H3/b3-2+. The predicted octanol–water partition coefficient (Wildman–Crippen LogP) is 1.29. The lowest BCUT2D eigenvalue weighted by Gasteiger charge is -2.05. The molecule has 5 heteroatoms. The van der Waals surface area contributed by atoms with Crippen LogP contribution in [0.3, 0.4) is 0 Å². The number of benzene rings is 1. The molecule has 0 amide bonds. The van der Waals surface area contributed by atoms with Gasteiger partial charge in [-0.15, -0.1) is 0 Å². The van der Waals surface area contributed by atoms with E-state index in [0.717, 1.165) is 13.2 Å². The van der Waals surface area contributed by atoms with Crippen molar-refractivity contribution in [2.24, 2.45) is 5.73 Å². The Morgan fingerprint density at radius 2 is 2.31 bits per heavy atom. The van der Waals surface area contributed by atoms with Crippen molar-refractivity contribution in [2.45, 2.75) is 0 Å². The van der Waals surface area contributed by atoms with Crippen LogP contribution < -0.4 is 5.73 Å². The molecule has 0 fully saturated rings. The molecule has 0 heterocycles. The van der Waals surface area contributed by atoms with Crippen LogP contribution in [0.4, 0.5) is 4.39 Å². The van der Waals surface area contributed by atoms with Gasteiger partial charge in [-0.1, -0.05) is 12.2 Å². The summed E-state index contributed by atoms with van der Waals surface area (Å²) in [6, 6.07) is 2.43. The number of phenols is 1. The molecular weight excluding hydrogens is 213 g/mol. The van der Waals surface area contributed by atoms with E-state index >= 15 is 0 Å². The minimum Gasteiger partial charge on any atom is -0.504 e. The van der Waals surface area contributed by atoms with Gasteiger partial charge >= 0.3 is 5.97 Å². The minimum atomic E-state index is -0.875. The van der Waals surface area contributed by atoms with Gasteiger partial charge in [-0.05, 0) is 17.7 Å². The number of phenolic OH excluding ortho intramolecular Hbond substituents is 1. The monoisotopic (exact) mass is 225 g/mol. The van der Waals surface area contributed by atoms with Gasteiger partial charge in [-0.25, -0.2) is 9.18 Å². The van der Waals surface area contributed by atoms with Crippen LogP contribution in [-0.2, 0) is 4.74 Å². The van der Waals surface area contributed by atoms with Gasteiger partial charge in [-0.3, -0.25) is 0 Å². The lowest BCUT2D eigenvalue weighted by Crippen LogP contribution is -2.03. The maximum Gasteiger partial charge on any atom is 0.341 e. The van der Waals surface area contributed by atoms with Crippen LogP contribution in [0.15, 0.2) is 18.2 Å². The molecule has 0 aliphatic carbocycles. The van der Waals surface area contributed by atoms with Crippen molar-refractivity contribution in [2.75, 3.05) is 13.7 Å². The van der Waals surface area contributed by atoms with Gasteiger partial charge in [0.15, 0.2) is 11.6 Å². The number of aromatic hydroxyl groups is 1. The fourth-order valence-electron chi connectivity index (χ4n) is 1.19. The Morgan fingerprint density at radius 1 is 1.62 bits per heavy atom. The summed E-state index contributed by atoms with van der Waals surface area (Å²) in [6.07, 6.45) is 3.15. The largest absolute Gasteiger partial charge is 0.504 e. The highest BCUT2D eigenvalue weighted by Crippen LogP contribution is 2.24. The molecule has 0 spiro atoms. The average Bonchev–Trinajstić information content (AvgIpc) is 2.29. The lowest BCUT2D eigenvalue weighted by molar-refractivity contribution is 0.0596. The van der Waals surface area contributed by atoms with Crippen molar-refractivity contribution in [1.82, 2.24) is 0 Å². The fourth-order valence-corrected chi connectivity index (χ4v) is 1.19. The number of esters is 1. The highest BCUT2D eigenvalue weighted by atomic mass is 19.1. The van der Waals surface area contributed by atoms with E-state index in [2.05, 4.69) is 4.74 Å². The van der Waals surface area contributed by atoms with E-state index in [-0.39, 0.29) is 5.56 Å². The van der Waals surface area contributed by atoms with Gasteiger partial charge in [-0.2, -0.15) is 0 Å². The topological polar surface area (TPSA) is 72.5 Å². The Labute approximate surface area is 92.1 Å². The zero-order valence-corrected chi connectivity index (χ0v) is 8.74. The molecule has 0 radical (unpaired) electrons. The van der Waals surface area contributed by atoms with Crippen LogP contribution in [0.2, 0.25) is 0 Å². The van der Waals surface area contributed by atoms with E-state index in [1.54, 1.807) is 12.2 Å². The third-order valence-electron chi connectivity index (χ3n) is 1.94. The number of methoxy groups -OCH3 is 1. The van der Waals surface area contributed by atoms with Crippen molar-refractivity contribution < 1.29 is 19.0 Å². The van der Waals surface area contributed by atoms with E-state index in [1.807, 2.05) is 0 Å². The molecule has 3 N–H and O–H groups in total. The molecule has 1 rings (SSSR count). The summed E-state index contributed by atoms with van der Waals surface area (Å²) >= 11 is 0. The van der Waals surface area contributed by atoms with Crippen LogP contribution in [0.5, 0.6) is 5.75 Å². The van der Waals surface area contributed by atoms with E-state index in [4.69, 9.17) is 5.73 Å². The Hall–Kier alpha value is -1.88. The summed E-state index contributed by atoms with van der Waals surface area (Å²) in [7, 11) is 1.15. The van der Waals surface area contributed by atoms with Crippen LogP contribution in [0.1, 0.15) is 15.9 Å². The summed E-state index contributed by atoms with van der Waals surface area (Å²) < 4.78 is 17.7. The molecule has 0 aliphatic rings. The van der Waals surface area contributed by atoms with Crippen molar-refractivity contribution >= 4 is 12.0 Å². The van der Waals surface area contributed by atoms with Crippen molar-refractivity contribution in [1.29, 1.82) is 0 Å². The summed E-state index contributed by atoms with van der Waals surface area (Å²) in [5.41, 5.74) is 5.47. The van der Waals surface area contributed by atoms with Crippen molar-refractivity contribution in [3.05, 3.63) is 35.2 Å². The van der Waals surface area contributed by atoms with Crippen molar-refractivity contribution in [3.8, 4) is 5.75 Å². The summed E-state index contributed by atoms with van der Waals surface area (Å²) in [5, 5.41) is 9.32. The molecule has 16 heavy (non-hydrogen) atoms. The highest BCUT2D eigenvalue weighted by molar-refractivity contribution is 5.93. The third-order valence-corrected chi connectivity index (χ3v) is 1.94. The first-order valence-corrected chi connectivity index (χ1v) is 4.57. The van der Waals surface area contributed by atoms with Crippen LogP contribution in [-0.4, -0.2) is 24.7 Å². The lowest BCUT2D eigenvalue weighted by atomic mass is 10.1. The Bertz CT molecular complexity index is 429. The summed E-state index contributed by atoms with van der Waals surface area (Å²) in [5.74, 6) is -2.38. The molecule has 0 atom stereocenters. The molecule has 1 aromatic carbocycles.